The smallest absolute Gasteiger partial charge is 0.343 e. The van der Waals surface area contributed by atoms with Gasteiger partial charge in [0.1, 0.15) is 11.3 Å². The quantitative estimate of drug-likeness (QED) is 0.654. The molecule has 2 aromatic carbocycles. The van der Waals surface area contributed by atoms with Crippen molar-refractivity contribution in [1.29, 1.82) is 0 Å². The van der Waals surface area contributed by atoms with E-state index in [1.165, 1.54) is 0 Å². The van der Waals surface area contributed by atoms with Crippen LogP contribution in [0.2, 0.25) is 0 Å². The van der Waals surface area contributed by atoms with E-state index in [1.54, 1.807) is 6.07 Å². The number of likely N-dealkylation sites (tertiary alicyclic amines) is 1. The molecule has 1 saturated heterocycles. The largest absolute Gasteiger partial charge is 0.469 e. The number of amides is 1. The van der Waals surface area contributed by atoms with Crippen LogP contribution in [-0.2, 0) is 4.79 Å². The van der Waals surface area contributed by atoms with Crippen molar-refractivity contribution in [3.8, 4) is 5.75 Å². The molecule has 3 aromatic rings. The first-order chi connectivity index (χ1) is 13.2. The number of ether oxygens (including phenoxy) is 1. The van der Waals surface area contributed by atoms with E-state index in [-0.39, 0.29) is 23.7 Å². The molecule has 2 unspecified atom stereocenters. The van der Waals surface area contributed by atoms with E-state index < -0.39 is 0 Å². The Morgan fingerprint density at radius 2 is 1.74 bits per heavy atom. The van der Waals surface area contributed by atoms with Crippen molar-refractivity contribution in [3.63, 3.8) is 0 Å². The second-order valence-electron chi connectivity index (χ2n) is 7.09. The van der Waals surface area contributed by atoms with Crippen LogP contribution in [0.3, 0.4) is 0 Å². The van der Waals surface area contributed by atoms with Gasteiger partial charge in [-0.1, -0.05) is 42.5 Å². The molecule has 0 N–H and O–H groups in total. The second-order valence-corrected chi connectivity index (χ2v) is 7.09. The number of rotatable bonds is 2. The van der Waals surface area contributed by atoms with Crippen LogP contribution in [0.5, 0.6) is 5.75 Å². The van der Waals surface area contributed by atoms with Crippen molar-refractivity contribution in [1.82, 2.24) is 4.90 Å². The van der Waals surface area contributed by atoms with Gasteiger partial charge in [0.2, 0.25) is 5.91 Å². The summed E-state index contributed by atoms with van der Waals surface area (Å²) < 4.78 is 11.9. The summed E-state index contributed by atoms with van der Waals surface area (Å²) in [6.07, 6.45) is 1.58. The van der Waals surface area contributed by atoms with Gasteiger partial charge in [-0.2, -0.15) is 0 Å². The van der Waals surface area contributed by atoms with Crippen molar-refractivity contribution in [2.75, 3.05) is 6.54 Å². The fraction of sp³-hybridized carbons (Fsp3) is 0.273. The van der Waals surface area contributed by atoms with E-state index >= 15 is 0 Å². The summed E-state index contributed by atoms with van der Waals surface area (Å²) in [6.45, 7) is 0.694. The van der Waals surface area contributed by atoms with E-state index in [0.29, 0.717) is 36.3 Å². The number of carbonyl (C=O) groups excluding carboxylic acids is 1. The summed E-state index contributed by atoms with van der Waals surface area (Å²) in [5.41, 5.74) is 1.70. The summed E-state index contributed by atoms with van der Waals surface area (Å²) in [7, 11) is 0. The fourth-order valence-electron chi connectivity index (χ4n) is 4.22. The van der Waals surface area contributed by atoms with Gasteiger partial charge < -0.3 is 14.1 Å². The molecule has 2 aliphatic heterocycles. The highest BCUT2D eigenvalue weighted by Crippen LogP contribution is 2.43. The van der Waals surface area contributed by atoms with Crippen LogP contribution in [0, 0.1) is 0 Å². The van der Waals surface area contributed by atoms with E-state index in [9.17, 15) is 9.59 Å². The van der Waals surface area contributed by atoms with Gasteiger partial charge in [-0.05, 0) is 24.1 Å². The molecule has 0 radical (unpaired) electrons. The Bertz CT molecular complexity index is 1070. The molecule has 136 valence electrons. The lowest BCUT2D eigenvalue weighted by Crippen LogP contribution is -2.44. The Labute approximate surface area is 156 Å². The van der Waals surface area contributed by atoms with Gasteiger partial charge in [0, 0.05) is 25.3 Å². The molecule has 5 nitrogen and oxygen atoms in total. The van der Waals surface area contributed by atoms with Gasteiger partial charge in [-0.3, -0.25) is 4.79 Å². The molecule has 0 spiro atoms. The highest BCUT2D eigenvalue weighted by molar-refractivity contribution is 5.85. The van der Waals surface area contributed by atoms with Gasteiger partial charge in [0.15, 0.2) is 6.23 Å². The lowest BCUT2D eigenvalue weighted by Gasteiger charge is -2.36. The molecule has 1 fully saturated rings. The average molecular weight is 361 g/mol. The third-order valence-electron chi connectivity index (χ3n) is 5.50. The van der Waals surface area contributed by atoms with Crippen molar-refractivity contribution >= 4 is 16.9 Å². The first kappa shape index (κ1) is 16.1. The van der Waals surface area contributed by atoms with Gasteiger partial charge in [-0.15, -0.1) is 0 Å². The monoisotopic (exact) mass is 361 g/mol. The van der Waals surface area contributed by atoms with Crippen LogP contribution in [-0.4, -0.2) is 23.6 Å². The predicted molar refractivity (Wildman–Crippen MR) is 101 cm³/mol. The maximum atomic E-state index is 12.8. The van der Waals surface area contributed by atoms with E-state index in [1.807, 2.05) is 53.4 Å². The zero-order valence-corrected chi connectivity index (χ0v) is 14.8. The number of carbonyl (C=O) groups is 1. The van der Waals surface area contributed by atoms with Crippen LogP contribution in [0.15, 0.2) is 63.8 Å². The van der Waals surface area contributed by atoms with E-state index in [4.69, 9.17) is 9.15 Å². The molecule has 1 amide bonds. The Morgan fingerprint density at radius 1 is 0.963 bits per heavy atom. The van der Waals surface area contributed by atoms with Crippen molar-refractivity contribution in [2.45, 2.75) is 31.4 Å². The fourth-order valence-corrected chi connectivity index (χ4v) is 4.22. The molecule has 2 aliphatic rings. The molecule has 2 atom stereocenters. The highest BCUT2D eigenvalue weighted by Gasteiger charge is 2.39. The molecule has 5 rings (SSSR count). The predicted octanol–water partition coefficient (Wildman–Crippen LogP) is 3.66. The second kappa shape index (κ2) is 6.27. The minimum atomic E-state index is -0.372. The highest BCUT2D eigenvalue weighted by atomic mass is 16.5. The lowest BCUT2D eigenvalue weighted by molar-refractivity contribution is -0.135. The number of hydrogen-bond donors (Lipinski definition) is 0. The molecule has 0 saturated carbocycles. The van der Waals surface area contributed by atoms with Gasteiger partial charge >= 0.3 is 5.63 Å². The lowest BCUT2D eigenvalue weighted by atomic mass is 9.85. The SMILES string of the molecule is O=C1CCCN1C1CC(c2ccccc2)c2c(c3ccccc3oc2=O)O1. The molecule has 0 aliphatic carbocycles. The number of fused-ring (bicyclic) bond motifs is 3. The topological polar surface area (TPSA) is 59.8 Å². The zero-order chi connectivity index (χ0) is 18.4. The molecule has 0 bridgehead atoms. The van der Waals surface area contributed by atoms with Gasteiger partial charge in [0.05, 0.1) is 10.9 Å². The zero-order valence-electron chi connectivity index (χ0n) is 14.8. The molecule has 1 aromatic heterocycles. The normalized spacial score (nSPS) is 21.9. The summed E-state index contributed by atoms with van der Waals surface area (Å²) >= 11 is 0. The standard InChI is InChI=1S/C22H19NO4/c24-18-11-6-12-23(18)19-13-16(14-7-2-1-3-8-14)20-21(27-19)15-9-4-5-10-17(15)26-22(20)25/h1-5,7-10,16,19H,6,11-13H2. The number of benzene rings is 2. The van der Waals surface area contributed by atoms with Gasteiger partial charge in [-0.25, -0.2) is 4.79 Å². The third kappa shape index (κ3) is 2.62. The van der Waals surface area contributed by atoms with Crippen LogP contribution < -0.4 is 10.4 Å². The summed E-state index contributed by atoms with van der Waals surface area (Å²) in [6, 6.07) is 17.3. The number of para-hydroxylation sites is 1. The minimum Gasteiger partial charge on any atom is -0.469 e. The number of nitrogens with zero attached hydrogens (tertiary/aromatic N) is 1. The molecule has 5 heteroatoms. The van der Waals surface area contributed by atoms with Crippen LogP contribution in [0.25, 0.3) is 11.0 Å². The maximum Gasteiger partial charge on any atom is 0.343 e. The number of hydrogen-bond acceptors (Lipinski definition) is 4. The Balaban J connectivity index is 1.72. The maximum absolute atomic E-state index is 12.8. The van der Waals surface area contributed by atoms with Crippen molar-refractivity contribution < 1.29 is 13.9 Å². The summed E-state index contributed by atoms with van der Waals surface area (Å²) in [5, 5.41) is 0.768. The van der Waals surface area contributed by atoms with Crippen molar-refractivity contribution in [2.24, 2.45) is 0 Å². The van der Waals surface area contributed by atoms with Crippen LogP contribution in [0.4, 0.5) is 0 Å². The average Bonchev–Trinajstić information content (AvgIpc) is 3.14. The minimum absolute atomic E-state index is 0.113. The first-order valence-corrected chi connectivity index (χ1v) is 9.29. The van der Waals surface area contributed by atoms with E-state index in [0.717, 1.165) is 17.4 Å². The molecule has 3 heterocycles. The van der Waals surface area contributed by atoms with Crippen molar-refractivity contribution in [3.05, 3.63) is 76.1 Å². The Morgan fingerprint density at radius 3 is 2.52 bits per heavy atom. The summed E-state index contributed by atoms with van der Waals surface area (Å²) in [5.74, 6) is 0.489. The Kier molecular flexibility index (Phi) is 3.74. The first-order valence-electron chi connectivity index (χ1n) is 9.29. The molecular formula is C22H19NO4. The molecule has 27 heavy (non-hydrogen) atoms. The third-order valence-corrected chi connectivity index (χ3v) is 5.50. The van der Waals surface area contributed by atoms with Gasteiger partial charge in [0.25, 0.3) is 0 Å². The van der Waals surface area contributed by atoms with Crippen LogP contribution in [0.1, 0.15) is 36.3 Å². The van der Waals surface area contributed by atoms with E-state index in [2.05, 4.69) is 0 Å². The summed E-state index contributed by atoms with van der Waals surface area (Å²) in [4.78, 5) is 27.0. The molecular weight excluding hydrogens is 342 g/mol. The van der Waals surface area contributed by atoms with Crippen LogP contribution >= 0.6 is 0 Å². The Hall–Kier alpha value is -3.08.